The van der Waals surface area contributed by atoms with Crippen molar-refractivity contribution in [1.82, 2.24) is 15.1 Å². The van der Waals surface area contributed by atoms with Crippen LogP contribution in [0.15, 0.2) is 54.6 Å². The highest BCUT2D eigenvalue weighted by atomic mass is 35.5. The lowest BCUT2D eigenvalue weighted by Gasteiger charge is -2.09. The van der Waals surface area contributed by atoms with Gasteiger partial charge in [0.05, 0.1) is 41.0 Å². The first-order valence-electron chi connectivity index (χ1n) is 11.4. The summed E-state index contributed by atoms with van der Waals surface area (Å²) >= 11 is 7.54. The highest BCUT2D eigenvalue weighted by Gasteiger charge is 2.16. The number of rotatable bonds is 11. The molecule has 2 aromatic heterocycles. The van der Waals surface area contributed by atoms with Crippen LogP contribution in [-0.4, -0.2) is 35.9 Å². The number of nitrogens with zero attached hydrogens (tertiary/aromatic N) is 2. The first-order valence-corrected chi connectivity index (χ1v) is 12.6. The van der Waals surface area contributed by atoms with E-state index in [2.05, 4.69) is 21.4 Å². The molecule has 0 unspecified atom stereocenters. The lowest BCUT2D eigenvalue weighted by Crippen LogP contribution is -2.22. The summed E-state index contributed by atoms with van der Waals surface area (Å²) in [4.78, 5) is 23.3. The van der Waals surface area contributed by atoms with Crippen LogP contribution in [0.5, 0.6) is 5.75 Å². The lowest BCUT2D eigenvalue weighted by molar-refractivity contribution is -0.140. The highest BCUT2D eigenvalue weighted by molar-refractivity contribution is 7.19. The highest BCUT2D eigenvalue weighted by Crippen LogP contribution is 2.36. The SMILES string of the molecule is COC(=O)CCCC(=O)NCc1cccc(Cn2nc(Nc3ccc(Cl)s3)c3c(OC)cccc32)c1. The number of ether oxygens (including phenoxy) is 2. The van der Waals surface area contributed by atoms with Crippen LogP contribution in [0.25, 0.3) is 10.9 Å². The Morgan fingerprint density at radius 1 is 1.06 bits per heavy atom. The second-order valence-corrected chi connectivity index (χ2v) is 9.83. The van der Waals surface area contributed by atoms with Gasteiger partial charge in [0.15, 0.2) is 5.82 Å². The Kier molecular flexibility index (Phi) is 8.45. The van der Waals surface area contributed by atoms with Crippen LogP contribution in [0.1, 0.15) is 30.4 Å². The summed E-state index contributed by atoms with van der Waals surface area (Å²) in [5.74, 6) is 1.01. The molecule has 0 fully saturated rings. The minimum absolute atomic E-state index is 0.0983. The molecule has 8 nitrogen and oxygen atoms in total. The van der Waals surface area contributed by atoms with E-state index in [0.29, 0.717) is 29.7 Å². The molecule has 0 aliphatic carbocycles. The second-order valence-electron chi connectivity index (χ2n) is 8.12. The van der Waals surface area contributed by atoms with Crippen molar-refractivity contribution in [3.8, 4) is 5.75 Å². The summed E-state index contributed by atoms with van der Waals surface area (Å²) in [6.45, 7) is 0.946. The summed E-state index contributed by atoms with van der Waals surface area (Å²) < 4.78 is 12.8. The van der Waals surface area contributed by atoms with E-state index >= 15 is 0 Å². The maximum absolute atomic E-state index is 12.1. The van der Waals surface area contributed by atoms with Crippen LogP contribution in [0.2, 0.25) is 4.34 Å². The number of halogens is 1. The van der Waals surface area contributed by atoms with E-state index < -0.39 is 0 Å². The quantitative estimate of drug-likeness (QED) is 0.250. The number of aromatic nitrogens is 2. The van der Waals surface area contributed by atoms with Gasteiger partial charge in [-0.2, -0.15) is 5.10 Å². The van der Waals surface area contributed by atoms with Gasteiger partial charge in [0.2, 0.25) is 5.91 Å². The Balaban J connectivity index is 1.48. The third-order valence-corrected chi connectivity index (χ3v) is 6.75. The molecule has 0 bridgehead atoms. The molecule has 10 heteroatoms. The number of carbonyl (C=O) groups excluding carboxylic acids is 2. The van der Waals surface area contributed by atoms with Gasteiger partial charge in [-0.15, -0.1) is 11.3 Å². The molecule has 4 aromatic rings. The lowest BCUT2D eigenvalue weighted by atomic mass is 10.1. The van der Waals surface area contributed by atoms with Crippen molar-refractivity contribution in [3.05, 3.63) is 70.1 Å². The molecule has 0 aliphatic rings. The fraction of sp³-hybridized carbons (Fsp3) is 0.269. The maximum Gasteiger partial charge on any atom is 0.305 e. The molecule has 2 N–H and O–H groups in total. The van der Waals surface area contributed by atoms with Crippen molar-refractivity contribution in [2.24, 2.45) is 0 Å². The average Bonchev–Trinajstić information content (AvgIpc) is 3.45. The van der Waals surface area contributed by atoms with Crippen molar-refractivity contribution in [2.75, 3.05) is 19.5 Å². The van der Waals surface area contributed by atoms with E-state index in [9.17, 15) is 9.59 Å². The Labute approximate surface area is 218 Å². The van der Waals surface area contributed by atoms with Gasteiger partial charge in [-0.05, 0) is 41.8 Å². The van der Waals surface area contributed by atoms with Crippen LogP contribution in [0.3, 0.4) is 0 Å². The molecular formula is C26H27ClN4O4S. The van der Waals surface area contributed by atoms with Gasteiger partial charge in [0.1, 0.15) is 5.75 Å². The van der Waals surface area contributed by atoms with Crippen LogP contribution in [0, 0.1) is 0 Å². The zero-order valence-electron chi connectivity index (χ0n) is 20.0. The number of thiophene rings is 1. The molecule has 2 aromatic carbocycles. The van der Waals surface area contributed by atoms with Crippen molar-refractivity contribution >= 4 is 56.5 Å². The molecule has 0 atom stereocenters. The molecule has 188 valence electrons. The Morgan fingerprint density at radius 3 is 2.61 bits per heavy atom. The third kappa shape index (κ3) is 6.35. The third-order valence-electron chi connectivity index (χ3n) is 5.60. The molecular weight excluding hydrogens is 500 g/mol. The van der Waals surface area contributed by atoms with Crippen molar-refractivity contribution < 1.29 is 19.1 Å². The number of anilines is 2. The van der Waals surface area contributed by atoms with E-state index in [1.807, 2.05) is 53.2 Å². The van der Waals surface area contributed by atoms with E-state index in [1.54, 1.807) is 7.11 Å². The summed E-state index contributed by atoms with van der Waals surface area (Å²) in [7, 11) is 2.99. The standard InChI is InChI=1S/C26H27ClN4O4S/c1-34-20-9-4-8-19-25(20)26(29-23-13-12-21(27)36-23)30-31(19)16-18-7-3-6-17(14-18)15-28-22(32)10-5-11-24(33)35-2/h3-4,6-9,12-14H,5,10-11,15-16H2,1-2H3,(H,28,32)(H,29,30). The number of fused-ring (bicyclic) bond motifs is 1. The number of esters is 1. The molecule has 2 heterocycles. The van der Waals surface area contributed by atoms with Gasteiger partial charge in [-0.3, -0.25) is 14.3 Å². The summed E-state index contributed by atoms with van der Waals surface area (Å²) in [5.41, 5.74) is 2.96. The normalized spacial score (nSPS) is 10.9. The molecule has 1 amide bonds. The molecule has 0 saturated carbocycles. The van der Waals surface area contributed by atoms with Crippen LogP contribution < -0.4 is 15.4 Å². The number of methoxy groups -OCH3 is 2. The Morgan fingerprint density at radius 2 is 1.86 bits per heavy atom. The number of amides is 1. The molecule has 36 heavy (non-hydrogen) atoms. The summed E-state index contributed by atoms with van der Waals surface area (Å²) in [5, 5.41) is 12.9. The van der Waals surface area contributed by atoms with Gasteiger partial charge in [0.25, 0.3) is 0 Å². The van der Waals surface area contributed by atoms with Crippen LogP contribution in [-0.2, 0) is 27.4 Å². The second kappa shape index (κ2) is 11.9. The molecule has 0 aliphatic heterocycles. The monoisotopic (exact) mass is 526 g/mol. The fourth-order valence-electron chi connectivity index (χ4n) is 3.87. The molecule has 0 radical (unpaired) electrons. The first kappa shape index (κ1) is 25.5. The minimum atomic E-state index is -0.309. The van der Waals surface area contributed by atoms with E-state index in [0.717, 1.165) is 32.8 Å². The molecule has 4 rings (SSSR count). The van der Waals surface area contributed by atoms with E-state index in [4.69, 9.17) is 21.4 Å². The van der Waals surface area contributed by atoms with Crippen molar-refractivity contribution in [1.29, 1.82) is 0 Å². The zero-order chi connectivity index (χ0) is 25.5. The molecule has 0 saturated heterocycles. The van der Waals surface area contributed by atoms with Crippen molar-refractivity contribution in [2.45, 2.75) is 32.4 Å². The zero-order valence-corrected chi connectivity index (χ0v) is 21.6. The topological polar surface area (TPSA) is 94.5 Å². The number of hydrogen-bond donors (Lipinski definition) is 2. The number of benzene rings is 2. The smallest absolute Gasteiger partial charge is 0.305 e. The van der Waals surface area contributed by atoms with Gasteiger partial charge < -0.3 is 20.1 Å². The Hall–Kier alpha value is -3.56. The van der Waals surface area contributed by atoms with Crippen LogP contribution >= 0.6 is 22.9 Å². The van der Waals surface area contributed by atoms with Gasteiger partial charge in [-0.1, -0.05) is 41.9 Å². The van der Waals surface area contributed by atoms with E-state index in [1.165, 1.54) is 18.4 Å². The maximum atomic E-state index is 12.1. The van der Waals surface area contributed by atoms with Gasteiger partial charge in [0, 0.05) is 19.4 Å². The van der Waals surface area contributed by atoms with E-state index in [-0.39, 0.29) is 24.7 Å². The average molecular weight is 527 g/mol. The number of carbonyl (C=O) groups is 2. The Bertz CT molecular complexity index is 1370. The summed E-state index contributed by atoms with van der Waals surface area (Å²) in [6.07, 6.45) is 0.974. The number of nitrogens with one attached hydrogen (secondary N) is 2. The number of hydrogen-bond acceptors (Lipinski definition) is 7. The van der Waals surface area contributed by atoms with Crippen LogP contribution in [0.4, 0.5) is 10.8 Å². The largest absolute Gasteiger partial charge is 0.496 e. The van der Waals surface area contributed by atoms with Gasteiger partial charge in [-0.25, -0.2) is 0 Å². The van der Waals surface area contributed by atoms with Crippen molar-refractivity contribution in [3.63, 3.8) is 0 Å². The fourth-order valence-corrected chi connectivity index (χ4v) is 4.81. The molecule has 0 spiro atoms. The van der Waals surface area contributed by atoms with Gasteiger partial charge >= 0.3 is 5.97 Å². The predicted molar refractivity (Wildman–Crippen MR) is 142 cm³/mol. The first-order chi connectivity index (χ1) is 17.5. The minimum Gasteiger partial charge on any atom is -0.496 e. The predicted octanol–water partition coefficient (Wildman–Crippen LogP) is 5.51. The summed E-state index contributed by atoms with van der Waals surface area (Å²) in [6, 6.07) is 17.6.